The first-order valence-electron chi connectivity index (χ1n) is 6.73. The largest absolute Gasteiger partial charge is 0.103 e. The van der Waals surface area contributed by atoms with Crippen molar-refractivity contribution in [1.29, 1.82) is 0 Å². The van der Waals surface area contributed by atoms with E-state index in [1.54, 1.807) is 0 Å². The van der Waals surface area contributed by atoms with Crippen LogP contribution in [0.15, 0.2) is 79.4 Å². The highest BCUT2D eigenvalue weighted by Crippen LogP contribution is 2.01. The first-order chi connectivity index (χ1) is 9.36. The van der Waals surface area contributed by atoms with Crippen molar-refractivity contribution in [3.8, 4) is 0 Å². The average molecular weight is 250 g/mol. The van der Waals surface area contributed by atoms with Gasteiger partial charge in [0, 0.05) is 0 Å². The molecule has 0 saturated carbocycles. The number of benzene rings is 2. The van der Waals surface area contributed by atoms with Gasteiger partial charge in [0.15, 0.2) is 0 Å². The van der Waals surface area contributed by atoms with E-state index >= 15 is 0 Å². The molecule has 0 unspecified atom stereocenters. The van der Waals surface area contributed by atoms with Crippen LogP contribution in [0.3, 0.4) is 0 Å². The highest BCUT2D eigenvalue weighted by atomic mass is 13.9. The standard InChI is InChI=1S/C10H12.C9H10/c1-2-3-7-10-8-5-4-6-9-10;1-2-6-9-7-4-3-5-8-9/h3-9H,2H2,1H3;2-5,7-8H,1,6H2. The summed E-state index contributed by atoms with van der Waals surface area (Å²) in [7, 11) is 0. The van der Waals surface area contributed by atoms with E-state index in [2.05, 4.69) is 62.1 Å². The summed E-state index contributed by atoms with van der Waals surface area (Å²) in [4.78, 5) is 0. The van der Waals surface area contributed by atoms with Crippen molar-refractivity contribution in [3.05, 3.63) is 90.5 Å². The Morgan fingerprint density at radius 2 is 1.47 bits per heavy atom. The van der Waals surface area contributed by atoms with Gasteiger partial charge in [0.2, 0.25) is 0 Å². The Morgan fingerprint density at radius 1 is 0.895 bits per heavy atom. The maximum Gasteiger partial charge on any atom is -0.0100 e. The van der Waals surface area contributed by atoms with Gasteiger partial charge >= 0.3 is 0 Å². The van der Waals surface area contributed by atoms with Crippen LogP contribution in [0.5, 0.6) is 0 Å². The molecule has 0 aliphatic carbocycles. The molecule has 98 valence electrons. The van der Waals surface area contributed by atoms with Crippen LogP contribution < -0.4 is 0 Å². The molecule has 0 nitrogen and oxygen atoms in total. The molecule has 0 fully saturated rings. The van der Waals surface area contributed by atoms with Gasteiger partial charge in [-0.25, -0.2) is 0 Å². The predicted octanol–water partition coefficient (Wildman–Crippen LogP) is 5.52. The number of hydrogen-bond donors (Lipinski definition) is 0. The van der Waals surface area contributed by atoms with E-state index in [0.29, 0.717) is 0 Å². The second-order valence-electron chi connectivity index (χ2n) is 4.20. The van der Waals surface area contributed by atoms with Crippen molar-refractivity contribution < 1.29 is 0 Å². The Kier molecular flexibility index (Phi) is 7.80. The molecular formula is C19H22. The van der Waals surface area contributed by atoms with Crippen molar-refractivity contribution in [2.75, 3.05) is 0 Å². The summed E-state index contributed by atoms with van der Waals surface area (Å²) < 4.78 is 0. The van der Waals surface area contributed by atoms with Crippen LogP contribution in [0.2, 0.25) is 0 Å². The monoisotopic (exact) mass is 250 g/mol. The van der Waals surface area contributed by atoms with Gasteiger partial charge < -0.3 is 0 Å². The molecule has 0 bridgehead atoms. The van der Waals surface area contributed by atoms with Gasteiger partial charge in [0.1, 0.15) is 0 Å². The first kappa shape index (κ1) is 15.0. The summed E-state index contributed by atoms with van der Waals surface area (Å²) in [6.07, 6.45) is 8.29. The van der Waals surface area contributed by atoms with Gasteiger partial charge in [-0.15, -0.1) is 6.58 Å². The fourth-order valence-corrected chi connectivity index (χ4v) is 1.60. The summed E-state index contributed by atoms with van der Waals surface area (Å²) >= 11 is 0. The van der Waals surface area contributed by atoms with Gasteiger partial charge in [0.05, 0.1) is 0 Å². The maximum atomic E-state index is 3.66. The second kappa shape index (κ2) is 9.90. The lowest BCUT2D eigenvalue weighted by atomic mass is 10.2. The van der Waals surface area contributed by atoms with Crippen LogP contribution in [0, 0.1) is 0 Å². The van der Waals surface area contributed by atoms with E-state index in [1.807, 2.05) is 30.3 Å². The molecule has 2 rings (SSSR count). The Morgan fingerprint density at radius 3 is 2.00 bits per heavy atom. The van der Waals surface area contributed by atoms with Gasteiger partial charge in [-0.2, -0.15) is 0 Å². The molecular weight excluding hydrogens is 228 g/mol. The zero-order chi connectivity index (χ0) is 13.8. The molecule has 0 radical (unpaired) electrons. The third kappa shape index (κ3) is 7.05. The Balaban J connectivity index is 0.000000191. The molecule has 2 aromatic rings. The van der Waals surface area contributed by atoms with E-state index in [0.717, 1.165) is 12.8 Å². The summed E-state index contributed by atoms with van der Waals surface area (Å²) in [6.45, 7) is 5.79. The van der Waals surface area contributed by atoms with E-state index in [1.165, 1.54) is 11.1 Å². The molecule has 19 heavy (non-hydrogen) atoms. The highest BCUT2D eigenvalue weighted by molar-refractivity contribution is 5.48. The zero-order valence-electron chi connectivity index (χ0n) is 11.6. The third-order valence-electron chi connectivity index (χ3n) is 2.57. The molecule has 0 aromatic heterocycles. The van der Waals surface area contributed by atoms with E-state index in [4.69, 9.17) is 0 Å². The predicted molar refractivity (Wildman–Crippen MR) is 86.1 cm³/mol. The quantitative estimate of drug-likeness (QED) is 0.626. The van der Waals surface area contributed by atoms with E-state index in [9.17, 15) is 0 Å². The SMILES string of the molecule is C=CCc1ccccc1.CCC=Cc1ccccc1. The van der Waals surface area contributed by atoms with Crippen molar-refractivity contribution in [2.24, 2.45) is 0 Å². The van der Waals surface area contributed by atoms with Gasteiger partial charge in [0.25, 0.3) is 0 Å². The molecule has 0 spiro atoms. The molecule has 0 heteroatoms. The van der Waals surface area contributed by atoms with Crippen molar-refractivity contribution in [3.63, 3.8) is 0 Å². The smallest absolute Gasteiger partial charge is 0.0100 e. The maximum absolute atomic E-state index is 3.66. The molecule has 0 N–H and O–H groups in total. The lowest BCUT2D eigenvalue weighted by Gasteiger charge is -1.91. The lowest BCUT2D eigenvalue weighted by Crippen LogP contribution is -1.75. The number of rotatable bonds is 4. The topological polar surface area (TPSA) is 0 Å². The molecule has 0 saturated heterocycles. The Hall–Kier alpha value is -2.08. The molecule has 2 aromatic carbocycles. The fraction of sp³-hybridized carbons (Fsp3) is 0.158. The van der Waals surface area contributed by atoms with E-state index in [-0.39, 0.29) is 0 Å². The van der Waals surface area contributed by atoms with Crippen LogP contribution in [-0.4, -0.2) is 0 Å². The van der Waals surface area contributed by atoms with Gasteiger partial charge in [-0.05, 0) is 24.0 Å². The number of hydrogen-bond acceptors (Lipinski definition) is 0. The first-order valence-corrected chi connectivity index (χ1v) is 6.73. The summed E-state index contributed by atoms with van der Waals surface area (Å²) in [6, 6.07) is 20.6. The fourth-order valence-electron chi connectivity index (χ4n) is 1.60. The van der Waals surface area contributed by atoms with Crippen LogP contribution in [0.25, 0.3) is 6.08 Å². The minimum atomic E-state index is 0.973. The Labute approximate surface area is 117 Å². The van der Waals surface area contributed by atoms with Crippen LogP contribution in [0.4, 0.5) is 0 Å². The molecule has 0 atom stereocenters. The highest BCUT2D eigenvalue weighted by Gasteiger charge is 1.82. The lowest BCUT2D eigenvalue weighted by molar-refractivity contribution is 1.23. The molecule has 0 amide bonds. The minimum Gasteiger partial charge on any atom is -0.103 e. The van der Waals surface area contributed by atoms with E-state index < -0.39 is 0 Å². The van der Waals surface area contributed by atoms with Gasteiger partial charge in [-0.1, -0.05) is 85.8 Å². The van der Waals surface area contributed by atoms with Crippen molar-refractivity contribution in [1.82, 2.24) is 0 Å². The third-order valence-corrected chi connectivity index (χ3v) is 2.57. The molecule has 0 aliphatic heterocycles. The van der Waals surface area contributed by atoms with Crippen molar-refractivity contribution >= 4 is 6.08 Å². The van der Waals surface area contributed by atoms with Crippen LogP contribution in [0.1, 0.15) is 24.5 Å². The van der Waals surface area contributed by atoms with Crippen LogP contribution in [-0.2, 0) is 6.42 Å². The molecule has 0 heterocycles. The summed E-state index contributed by atoms with van der Waals surface area (Å²) in [5.74, 6) is 0. The zero-order valence-corrected chi connectivity index (χ0v) is 11.6. The molecule has 0 aliphatic rings. The minimum absolute atomic E-state index is 0.973. The number of allylic oxidation sites excluding steroid dienone is 2. The Bertz CT molecular complexity index is 466. The van der Waals surface area contributed by atoms with Crippen molar-refractivity contribution in [2.45, 2.75) is 19.8 Å². The summed E-state index contributed by atoms with van der Waals surface area (Å²) in [5, 5.41) is 0. The second-order valence-corrected chi connectivity index (χ2v) is 4.20. The summed E-state index contributed by atoms with van der Waals surface area (Å²) in [5.41, 5.74) is 2.61. The normalized spacial score (nSPS) is 9.74. The van der Waals surface area contributed by atoms with Gasteiger partial charge in [-0.3, -0.25) is 0 Å². The van der Waals surface area contributed by atoms with Crippen LogP contribution >= 0.6 is 0 Å². The average Bonchev–Trinajstić information content (AvgIpc) is 2.48.